The lowest BCUT2D eigenvalue weighted by Crippen LogP contribution is -2.20. The third-order valence-electron chi connectivity index (χ3n) is 3.68. The number of carbonyl (C=O) groups is 1. The molecule has 2 aromatic rings. The summed E-state index contributed by atoms with van der Waals surface area (Å²) in [5.74, 6) is 0.00462. The number of methoxy groups -OCH3 is 1. The van der Waals surface area contributed by atoms with E-state index in [1.165, 1.54) is 19.2 Å². The molecular formula is C18H22N4O5. The Labute approximate surface area is 157 Å². The van der Waals surface area contributed by atoms with E-state index in [-0.39, 0.29) is 23.7 Å². The highest BCUT2D eigenvalue weighted by atomic mass is 16.6. The van der Waals surface area contributed by atoms with Crippen molar-refractivity contribution in [3.8, 4) is 5.75 Å². The SMILES string of the molecule is COC(=O)c1ccc([N+](=O)[O-])c(NCc2ccccc2OCCN(C)C)n1. The molecule has 9 heteroatoms. The number of para-hydroxylation sites is 1. The van der Waals surface area contributed by atoms with Gasteiger partial charge in [0.05, 0.1) is 12.0 Å². The van der Waals surface area contributed by atoms with Gasteiger partial charge in [0.2, 0.25) is 5.82 Å². The van der Waals surface area contributed by atoms with Gasteiger partial charge in [-0.25, -0.2) is 9.78 Å². The first kappa shape index (κ1) is 20.1. The van der Waals surface area contributed by atoms with E-state index in [4.69, 9.17) is 4.74 Å². The Bertz CT molecular complexity index is 810. The maximum atomic E-state index is 11.6. The molecule has 0 saturated heterocycles. The molecule has 0 unspecified atom stereocenters. The quantitative estimate of drug-likeness (QED) is 0.405. The summed E-state index contributed by atoms with van der Waals surface area (Å²) in [6.07, 6.45) is 0. The molecule has 1 N–H and O–H groups in total. The highest BCUT2D eigenvalue weighted by Gasteiger charge is 2.19. The van der Waals surface area contributed by atoms with Crippen LogP contribution in [0.1, 0.15) is 16.1 Å². The molecular weight excluding hydrogens is 352 g/mol. The molecule has 27 heavy (non-hydrogen) atoms. The topological polar surface area (TPSA) is 107 Å². The van der Waals surface area contributed by atoms with Crippen molar-refractivity contribution in [3.05, 3.63) is 57.8 Å². The lowest BCUT2D eigenvalue weighted by molar-refractivity contribution is -0.384. The third kappa shape index (κ3) is 5.65. The monoisotopic (exact) mass is 374 g/mol. The fourth-order valence-corrected chi connectivity index (χ4v) is 2.26. The number of nitrogens with zero attached hydrogens (tertiary/aromatic N) is 3. The number of nitro groups is 1. The normalized spacial score (nSPS) is 10.5. The van der Waals surface area contributed by atoms with Crippen molar-refractivity contribution in [3.63, 3.8) is 0 Å². The van der Waals surface area contributed by atoms with Gasteiger partial charge in [0.1, 0.15) is 12.4 Å². The maximum Gasteiger partial charge on any atom is 0.356 e. The van der Waals surface area contributed by atoms with Crippen LogP contribution in [0.3, 0.4) is 0 Å². The zero-order valence-electron chi connectivity index (χ0n) is 15.5. The molecule has 0 atom stereocenters. The number of esters is 1. The Morgan fingerprint density at radius 3 is 2.67 bits per heavy atom. The van der Waals surface area contributed by atoms with E-state index in [0.717, 1.165) is 12.1 Å². The minimum absolute atomic E-state index is 0.00834. The first-order valence-electron chi connectivity index (χ1n) is 8.25. The van der Waals surface area contributed by atoms with Gasteiger partial charge in [-0.2, -0.15) is 0 Å². The van der Waals surface area contributed by atoms with Crippen molar-refractivity contribution >= 4 is 17.5 Å². The van der Waals surface area contributed by atoms with Crippen molar-refractivity contribution in [2.75, 3.05) is 39.7 Å². The second kappa shape index (κ2) is 9.48. The number of anilines is 1. The second-order valence-corrected chi connectivity index (χ2v) is 5.93. The molecule has 0 saturated carbocycles. The summed E-state index contributed by atoms with van der Waals surface area (Å²) in [5, 5.41) is 14.2. The average Bonchev–Trinajstić information content (AvgIpc) is 2.66. The minimum Gasteiger partial charge on any atom is -0.492 e. The van der Waals surface area contributed by atoms with Crippen LogP contribution in [0, 0.1) is 10.1 Å². The molecule has 1 aromatic heterocycles. The van der Waals surface area contributed by atoms with Gasteiger partial charge in [-0.15, -0.1) is 0 Å². The first-order chi connectivity index (χ1) is 12.9. The molecule has 1 aromatic carbocycles. The molecule has 0 spiro atoms. The summed E-state index contributed by atoms with van der Waals surface area (Å²) in [7, 11) is 5.13. The van der Waals surface area contributed by atoms with Crippen LogP contribution in [0.2, 0.25) is 0 Å². The number of benzene rings is 1. The smallest absolute Gasteiger partial charge is 0.356 e. The second-order valence-electron chi connectivity index (χ2n) is 5.93. The Morgan fingerprint density at radius 2 is 2.00 bits per heavy atom. The van der Waals surface area contributed by atoms with Crippen molar-refractivity contribution < 1.29 is 19.2 Å². The van der Waals surface area contributed by atoms with Gasteiger partial charge >= 0.3 is 11.7 Å². The minimum atomic E-state index is -0.666. The Kier molecular flexibility index (Phi) is 7.07. The van der Waals surface area contributed by atoms with Gasteiger partial charge in [0, 0.05) is 24.7 Å². The lowest BCUT2D eigenvalue weighted by atomic mass is 10.2. The number of likely N-dealkylation sites (N-methyl/N-ethyl adjacent to an activating group) is 1. The van der Waals surface area contributed by atoms with E-state index >= 15 is 0 Å². The molecule has 0 aliphatic rings. The Hall–Kier alpha value is -3.20. The number of aromatic nitrogens is 1. The highest BCUT2D eigenvalue weighted by Crippen LogP contribution is 2.25. The maximum absolute atomic E-state index is 11.6. The number of rotatable bonds is 9. The fraction of sp³-hybridized carbons (Fsp3) is 0.333. The van der Waals surface area contributed by atoms with E-state index in [9.17, 15) is 14.9 Å². The molecule has 0 fully saturated rings. The molecule has 9 nitrogen and oxygen atoms in total. The summed E-state index contributed by atoms with van der Waals surface area (Å²) in [4.78, 5) is 28.3. The van der Waals surface area contributed by atoms with E-state index in [1.54, 1.807) is 0 Å². The van der Waals surface area contributed by atoms with Gasteiger partial charge in [-0.05, 0) is 26.2 Å². The molecule has 0 radical (unpaired) electrons. The van der Waals surface area contributed by atoms with Crippen molar-refractivity contribution in [1.29, 1.82) is 0 Å². The molecule has 0 aliphatic carbocycles. The molecule has 0 amide bonds. The van der Waals surface area contributed by atoms with E-state index in [0.29, 0.717) is 12.4 Å². The largest absolute Gasteiger partial charge is 0.492 e. The molecule has 2 rings (SSSR count). The van der Waals surface area contributed by atoms with Gasteiger partial charge in [-0.3, -0.25) is 10.1 Å². The summed E-state index contributed by atoms with van der Waals surface area (Å²) in [6.45, 7) is 1.52. The first-order valence-corrected chi connectivity index (χ1v) is 8.25. The number of pyridine rings is 1. The molecule has 0 bridgehead atoms. The number of nitrogens with one attached hydrogen (secondary N) is 1. The van der Waals surface area contributed by atoms with Crippen LogP contribution in [0.4, 0.5) is 11.5 Å². The Morgan fingerprint density at radius 1 is 1.26 bits per heavy atom. The summed E-state index contributed by atoms with van der Waals surface area (Å²) in [5.41, 5.74) is 0.575. The molecule has 0 aliphatic heterocycles. The van der Waals surface area contributed by atoms with Crippen LogP contribution in [0.15, 0.2) is 36.4 Å². The van der Waals surface area contributed by atoms with Crippen molar-refractivity contribution in [1.82, 2.24) is 9.88 Å². The van der Waals surface area contributed by atoms with E-state index in [2.05, 4.69) is 15.0 Å². The summed E-state index contributed by atoms with van der Waals surface area (Å²) in [6, 6.07) is 9.87. The van der Waals surface area contributed by atoms with E-state index < -0.39 is 10.9 Å². The van der Waals surface area contributed by atoms with Gasteiger partial charge in [0.15, 0.2) is 5.69 Å². The highest BCUT2D eigenvalue weighted by molar-refractivity contribution is 5.88. The molecule has 1 heterocycles. The average molecular weight is 374 g/mol. The molecule has 144 valence electrons. The number of ether oxygens (including phenoxy) is 2. The number of carbonyl (C=O) groups excluding carboxylic acids is 1. The van der Waals surface area contributed by atoms with Gasteiger partial charge in [-0.1, -0.05) is 18.2 Å². The predicted molar refractivity (Wildman–Crippen MR) is 100 cm³/mol. The van der Waals surface area contributed by atoms with Crippen molar-refractivity contribution in [2.45, 2.75) is 6.54 Å². The summed E-state index contributed by atoms with van der Waals surface area (Å²) >= 11 is 0. The van der Waals surface area contributed by atoms with Gasteiger partial charge in [0.25, 0.3) is 0 Å². The zero-order chi connectivity index (χ0) is 19.8. The van der Waals surface area contributed by atoms with Crippen LogP contribution in [-0.2, 0) is 11.3 Å². The van der Waals surface area contributed by atoms with Crippen LogP contribution in [0.25, 0.3) is 0 Å². The summed E-state index contributed by atoms with van der Waals surface area (Å²) < 4.78 is 10.4. The van der Waals surface area contributed by atoms with Crippen LogP contribution < -0.4 is 10.1 Å². The zero-order valence-corrected chi connectivity index (χ0v) is 15.5. The van der Waals surface area contributed by atoms with Crippen LogP contribution in [0.5, 0.6) is 5.75 Å². The van der Waals surface area contributed by atoms with Gasteiger partial charge < -0.3 is 19.7 Å². The lowest BCUT2D eigenvalue weighted by Gasteiger charge is -2.14. The van der Waals surface area contributed by atoms with Crippen molar-refractivity contribution in [2.24, 2.45) is 0 Å². The predicted octanol–water partition coefficient (Wildman–Crippen LogP) is 2.33. The third-order valence-corrected chi connectivity index (χ3v) is 3.68. The Balaban J connectivity index is 2.18. The number of hydrogen-bond donors (Lipinski definition) is 1. The standard InChI is InChI=1S/C18H22N4O5/c1-21(2)10-11-27-16-7-5-4-6-13(16)12-19-17-15(22(24)25)9-8-14(20-17)18(23)26-3/h4-9H,10-12H2,1-3H3,(H,19,20). The van der Waals surface area contributed by atoms with E-state index in [1.807, 2.05) is 43.3 Å². The van der Waals surface area contributed by atoms with Crippen LogP contribution in [-0.4, -0.2) is 55.1 Å². The fourth-order valence-electron chi connectivity index (χ4n) is 2.26. The number of hydrogen-bond acceptors (Lipinski definition) is 8. The van der Waals surface area contributed by atoms with Crippen LogP contribution >= 0.6 is 0 Å².